The molecule has 1 aliphatic rings. The van der Waals surface area contributed by atoms with E-state index in [1.54, 1.807) is 42.1 Å². The van der Waals surface area contributed by atoms with Crippen molar-refractivity contribution in [1.29, 1.82) is 0 Å². The zero-order valence-electron chi connectivity index (χ0n) is 15.7. The molecule has 0 radical (unpaired) electrons. The number of halogens is 2. The van der Waals surface area contributed by atoms with E-state index in [0.29, 0.717) is 21.4 Å². The first-order valence-corrected chi connectivity index (χ1v) is 9.77. The number of carbonyl (C=O) groups excluding carboxylic acids is 2. The number of aryl methyl sites for hydroxylation is 2. The molecule has 0 saturated carbocycles. The van der Waals surface area contributed by atoms with Gasteiger partial charge in [0.05, 0.1) is 5.69 Å². The van der Waals surface area contributed by atoms with Crippen LogP contribution in [0.25, 0.3) is 0 Å². The fourth-order valence-electron chi connectivity index (χ4n) is 3.74. The largest absolute Gasteiger partial charge is 0.339 e. The molecule has 0 bridgehead atoms. The number of amides is 2. The second-order valence-electron chi connectivity index (χ2n) is 6.95. The summed E-state index contributed by atoms with van der Waals surface area (Å²) in [6.45, 7) is 1.88. The molecule has 0 spiro atoms. The van der Waals surface area contributed by atoms with Gasteiger partial charge in [0.2, 0.25) is 5.91 Å². The molecule has 1 aromatic heterocycles. The molecule has 6 nitrogen and oxygen atoms in total. The van der Waals surface area contributed by atoms with Crippen LogP contribution in [0.2, 0.25) is 10.0 Å². The zero-order valence-corrected chi connectivity index (χ0v) is 17.3. The molecule has 4 rings (SSSR count). The minimum Gasteiger partial charge on any atom is -0.339 e. The summed E-state index contributed by atoms with van der Waals surface area (Å²) in [5, 5.41) is 11.3. The molecule has 0 saturated heterocycles. The van der Waals surface area contributed by atoms with Crippen LogP contribution in [-0.2, 0) is 11.8 Å². The smallest absolute Gasteiger partial charge is 0.251 e. The van der Waals surface area contributed by atoms with Crippen molar-refractivity contribution in [3.63, 3.8) is 0 Å². The summed E-state index contributed by atoms with van der Waals surface area (Å²) in [6, 6.07) is 13.0. The van der Waals surface area contributed by atoms with Crippen molar-refractivity contribution in [1.82, 2.24) is 15.1 Å². The van der Waals surface area contributed by atoms with Gasteiger partial charge < -0.3 is 10.6 Å². The summed E-state index contributed by atoms with van der Waals surface area (Å²) in [7, 11) is 1.77. The number of hydrogen-bond acceptors (Lipinski definition) is 3. The average Bonchev–Trinajstić information content (AvgIpc) is 2.96. The van der Waals surface area contributed by atoms with Crippen LogP contribution >= 0.6 is 23.2 Å². The molecule has 29 heavy (non-hydrogen) atoms. The summed E-state index contributed by atoms with van der Waals surface area (Å²) >= 11 is 12.1. The van der Waals surface area contributed by atoms with Gasteiger partial charge in [0.15, 0.2) is 0 Å². The Bertz CT molecular complexity index is 1110. The van der Waals surface area contributed by atoms with Crippen LogP contribution in [0.15, 0.2) is 48.5 Å². The third kappa shape index (κ3) is 3.61. The van der Waals surface area contributed by atoms with Crippen LogP contribution < -0.4 is 10.6 Å². The molecular formula is C21H18Cl2N4O2. The molecule has 0 unspecified atom stereocenters. The summed E-state index contributed by atoms with van der Waals surface area (Å²) in [5.41, 5.74) is 2.88. The Morgan fingerprint density at radius 2 is 1.86 bits per heavy atom. The Morgan fingerprint density at radius 3 is 2.55 bits per heavy atom. The first kappa shape index (κ1) is 19.5. The lowest BCUT2D eigenvalue weighted by Gasteiger charge is -2.32. The predicted octanol–water partition coefficient (Wildman–Crippen LogP) is 3.92. The van der Waals surface area contributed by atoms with Crippen molar-refractivity contribution in [2.24, 2.45) is 7.05 Å². The fraction of sp³-hybridized carbons (Fsp3) is 0.190. The highest BCUT2D eigenvalue weighted by molar-refractivity contribution is 6.31. The Balaban J connectivity index is 1.78. The van der Waals surface area contributed by atoms with Crippen LogP contribution in [0, 0.1) is 6.92 Å². The van der Waals surface area contributed by atoms with E-state index in [2.05, 4.69) is 15.7 Å². The van der Waals surface area contributed by atoms with Crippen LogP contribution in [0.4, 0.5) is 5.82 Å². The third-order valence-electron chi connectivity index (χ3n) is 5.04. The first-order chi connectivity index (χ1) is 13.8. The highest BCUT2D eigenvalue weighted by atomic mass is 35.5. The number of anilines is 1. The number of nitrogens with one attached hydrogen (secondary N) is 2. The molecule has 2 N–H and O–H groups in total. The molecule has 2 aromatic carbocycles. The van der Waals surface area contributed by atoms with Gasteiger partial charge in [-0.15, -0.1) is 0 Å². The van der Waals surface area contributed by atoms with E-state index in [-0.39, 0.29) is 11.8 Å². The minimum absolute atomic E-state index is 0.312. The molecule has 2 atom stereocenters. The van der Waals surface area contributed by atoms with E-state index in [1.165, 1.54) is 0 Å². The summed E-state index contributed by atoms with van der Waals surface area (Å²) in [4.78, 5) is 25.8. The number of benzene rings is 2. The van der Waals surface area contributed by atoms with E-state index in [1.807, 2.05) is 25.1 Å². The van der Waals surface area contributed by atoms with Crippen molar-refractivity contribution in [2.45, 2.75) is 18.9 Å². The highest BCUT2D eigenvalue weighted by Crippen LogP contribution is 2.39. The first-order valence-electron chi connectivity index (χ1n) is 9.01. The second-order valence-corrected chi connectivity index (χ2v) is 7.82. The Kier molecular flexibility index (Phi) is 5.06. The van der Waals surface area contributed by atoms with Crippen molar-refractivity contribution in [3.05, 3.63) is 81.0 Å². The van der Waals surface area contributed by atoms with E-state index >= 15 is 0 Å². The van der Waals surface area contributed by atoms with Crippen LogP contribution in [0.5, 0.6) is 0 Å². The molecule has 148 valence electrons. The quantitative estimate of drug-likeness (QED) is 0.663. The molecule has 2 heterocycles. The van der Waals surface area contributed by atoms with Gasteiger partial charge in [-0.3, -0.25) is 14.3 Å². The summed E-state index contributed by atoms with van der Waals surface area (Å²) < 4.78 is 1.64. The number of nitrogens with zero attached hydrogens (tertiary/aromatic N) is 2. The highest BCUT2D eigenvalue weighted by Gasteiger charge is 2.41. The number of rotatable bonds is 3. The Morgan fingerprint density at radius 1 is 1.14 bits per heavy atom. The number of aromatic nitrogens is 2. The van der Waals surface area contributed by atoms with Gasteiger partial charge in [-0.1, -0.05) is 35.3 Å². The maximum absolute atomic E-state index is 13.0. The molecule has 8 heteroatoms. The normalized spacial score (nSPS) is 18.1. The van der Waals surface area contributed by atoms with E-state index < -0.39 is 12.0 Å². The van der Waals surface area contributed by atoms with E-state index in [4.69, 9.17) is 23.2 Å². The van der Waals surface area contributed by atoms with Gasteiger partial charge in [-0.25, -0.2) is 0 Å². The Labute approximate surface area is 177 Å². The summed E-state index contributed by atoms with van der Waals surface area (Å²) in [5.74, 6) is -0.483. The Hall–Kier alpha value is -2.83. The van der Waals surface area contributed by atoms with Gasteiger partial charge >= 0.3 is 0 Å². The molecule has 0 aliphatic carbocycles. The van der Waals surface area contributed by atoms with Crippen LogP contribution in [-0.4, -0.2) is 27.6 Å². The number of carbonyl (C=O) groups is 2. The van der Waals surface area contributed by atoms with Crippen LogP contribution in [0.1, 0.15) is 33.1 Å². The lowest BCUT2D eigenvalue weighted by molar-refractivity contribution is -0.118. The van der Waals surface area contributed by atoms with Crippen molar-refractivity contribution >= 4 is 40.8 Å². The van der Waals surface area contributed by atoms with Gasteiger partial charge in [-0.05, 0) is 48.9 Å². The SMILES string of the molecule is Cc1nn(C)c2c1[C@@H](c1cccc(Cl)c1)[C@@H](NC(=O)c1ccc(Cl)cc1)C(=O)N2. The fourth-order valence-corrected chi connectivity index (χ4v) is 4.07. The molecule has 0 fully saturated rings. The topological polar surface area (TPSA) is 76.0 Å². The summed E-state index contributed by atoms with van der Waals surface area (Å²) in [6.07, 6.45) is 0. The lowest BCUT2D eigenvalue weighted by atomic mass is 9.82. The maximum atomic E-state index is 13.0. The molecule has 2 amide bonds. The third-order valence-corrected chi connectivity index (χ3v) is 5.52. The van der Waals surface area contributed by atoms with Crippen molar-refractivity contribution < 1.29 is 9.59 Å². The maximum Gasteiger partial charge on any atom is 0.251 e. The predicted molar refractivity (Wildman–Crippen MR) is 113 cm³/mol. The van der Waals surface area contributed by atoms with E-state index in [9.17, 15) is 9.59 Å². The zero-order chi connectivity index (χ0) is 20.7. The van der Waals surface area contributed by atoms with Gasteiger partial charge in [0, 0.05) is 34.1 Å². The minimum atomic E-state index is -0.827. The average molecular weight is 429 g/mol. The second kappa shape index (κ2) is 7.54. The molecule has 1 aliphatic heterocycles. The van der Waals surface area contributed by atoms with Gasteiger partial charge in [0.1, 0.15) is 11.9 Å². The van der Waals surface area contributed by atoms with Crippen LogP contribution in [0.3, 0.4) is 0 Å². The molecule has 3 aromatic rings. The van der Waals surface area contributed by atoms with Crippen molar-refractivity contribution in [2.75, 3.05) is 5.32 Å². The molecular weight excluding hydrogens is 411 g/mol. The number of fused-ring (bicyclic) bond motifs is 1. The van der Waals surface area contributed by atoms with E-state index in [0.717, 1.165) is 16.8 Å². The monoisotopic (exact) mass is 428 g/mol. The van der Waals surface area contributed by atoms with Gasteiger partial charge in [0.25, 0.3) is 5.91 Å². The standard InChI is InChI=1S/C21H18Cl2N4O2/c1-11-16-17(13-4-3-5-15(23)10-13)18(21(29)25-19(16)27(2)26-11)24-20(28)12-6-8-14(22)9-7-12/h3-10,17-18H,1-2H3,(H,24,28)(H,25,29)/t17-,18-/m1/s1. The number of hydrogen-bond donors (Lipinski definition) is 2. The van der Waals surface area contributed by atoms with Crippen molar-refractivity contribution in [3.8, 4) is 0 Å². The lowest BCUT2D eigenvalue weighted by Crippen LogP contribution is -2.50. The van der Waals surface area contributed by atoms with Gasteiger partial charge in [-0.2, -0.15) is 5.10 Å².